The van der Waals surface area contributed by atoms with Crippen LogP contribution in [-0.4, -0.2) is 48.3 Å². The van der Waals surface area contributed by atoms with E-state index in [9.17, 15) is 4.79 Å². The summed E-state index contributed by atoms with van der Waals surface area (Å²) in [5.74, 6) is 1.71. The third-order valence-electron chi connectivity index (χ3n) is 9.53. The molecular formula is C32H57NO3. The zero-order valence-electron chi connectivity index (χ0n) is 23.6. The summed E-state index contributed by atoms with van der Waals surface area (Å²) < 4.78 is 11.5. The lowest BCUT2D eigenvalue weighted by Crippen LogP contribution is -2.40. The molecule has 4 nitrogen and oxygen atoms in total. The molecule has 0 bridgehead atoms. The predicted molar refractivity (Wildman–Crippen MR) is 148 cm³/mol. The lowest BCUT2D eigenvalue weighted by Gasteiger charge is -2.32. The monoisotopic (exact) mass is 503 g/mol. The minimum absolute atomic E-state index is 0.419. The van der Waals surface area contributed by atoms with E-state index >= 15 is 0 Å². The Morgan fingerprint density at radius 3 is 1.42 bits per heavy atom. The van der Waals surface area contributed by atoms with E-state index in [0.717, 1.165) is 25.9 Å². The number of hydrogen-bond donors (Lipinski definition) is 0. The summed E-state index contributed by atoms with van der Waals surface area (Å²) in [6, 6.07) is 0. The van der Waals surface area contributed by atoms with Crippen molar-refractivity contribution in [2.45, 2.75) is 173 Å². The number of epoxide rings is 2. The first kappa shape index (κ1) is 28.4. The first-order valence-corrected chi connectivity index (χ1v) is 16.3. The second kappa shape index (κ2) is 15.7. The number of fused-ring (bicyclic) bond motifs is 2. The van der Waals surface area contributed by atoms with E-state index in [1.54, 1.807) is 0 Å². The van der Waals surface area contributed by atoms with Crippen LogP contribution in [0.15, 0.2) is 0 Å². The summed E-state index contributed by atoms with van der Waals surface area (Å²) in [6.07, 6.45) is 30.7. The van der Waals surface area contributed by atoms with E-state index in [0.29, 0.717) is 42.2 Å². The molecule has 0 aromatic rings. The summed E-state index contributed by atoms with van der Waals surface area (Å²) in [5.41, 5.74) is 0. The number of amides is 1. The van der Waals surface area contributed by atoms with Crippen molar-refractivity contribution in [1.82, 2.24) is 4.90 Å². The molecule has 4 rings (SSSR count). The quantitative estimate of drug-likeness (QED) is 0.124. The minimum Gasteiger partial charge on any atom is -0.370 e. The van der Waals surface area contributed by atoms with Crippen LogP contribution in [0.25, 0.3) is 0 Å². The molecule has 4 heteroatoms. The number of carbonyl (C=O) groups excluding carboxylic acids is 1. The number of unbranched alkanes of at least 4 members (excludes halogenated alkanes) is 14. The van der Waals surface area contributed by atoms with Crippen molar-refractivity contribution in [3.63, 3.8) is 0 Å². The minimum atomic E-state index is 0.419. The summed E-state index contributed by atoms with van der Waals surface area (Å²) >= 11 is 0. The summed E-state index contributed by atoms with van der Waals surface area (Å²) in [4.78, 5) is 15.5. The summed E-state index contributed by atoms with van der Waals surface area (Å²) in [7, 11) is 0. The second-order valence-electron chi connectivity index (χ2n) is 12.8. The molecule has 6 unspecified atom stereocenters. The molecule has 36 heavy (non-hydrogen) atoms. The Balaban J connectivity index is 1.02. The number of ether oxygens (including phenoxy) is 2. The highest BCUT2D eigenvalue weighted by molar-refractivity contribution is 5.76. The fourth-order valence-corrected chi connectivity index (χ4v) is 7.01. The largest absolute Gasteiger partial charge is 0.370 e. The van der Waals surface area contributed by atoms with Crippen LogP contribution in [0.2, 0.25) is 0 Å². The van der Waals surface area contributed by atoms with Gasteiger partial charge in [-0.05, 0) is 56.8 Å². The molecule has 2 aliphatic carbocycles. The number of nitrogens with zero attached hydrogens (tertiary/aromatic N) is 1. The molecule has 2 saturated heterocycles. The molecule has 2 saturated carbocycles. The predicted octanol–water partition coefficient (Wildman–Crippen LogP) is 8.21. The molecule has 208 valence electrons. The molecule has 0 N–H and O–H groups in total. The average Bonchev–Trinajstić information content (AvgIpc) is 3.80. The molecule has 1 amide bonds. The maximum absolute atomic E-state index is 13.3. The molecule has 0 radical (unpaired) electrons. The van der Waals surface area contributed by atoms with E-state index < -0.39 is 0 Å². The van der Waals surface area contributed by atoms with Crippen molar-refractivity contribution >= 4 is 5.91 Å². The van der Waals surface area contributed by atoms with Gasteiger partial charge < -0.3 is 14.4 Å². The average molecular weight is 504 g/mol. The smallest absolute Gasteiger partial charge is 0.222 e. The van der Waals surface area contributed by atoms with Gasteiger partial charge in [0.15, 0.2) is 0 Å². The van der Waals surface area contributed by atoms with Crippen LogP contribution >= 0.6 is 0 Å². The molecule has 2 aliphatic heterocycles. The van der Waals surface area contributed by atoms with Crippen LogP contribution < -0.4 is 0 Å². The van der Waals surface area contributed by atoms with Gasteiger partial charge in [-0.2, -0.15) is 0 Å². The Morgan fingerprint density at radius 2 is 1.00 bits per heavy atom. The number of hydrogen-bond acceptors (Lipinski definition) is 3. The van der Waals surface area contributed by atoms with Crippen LogP contribution in [0, 0.1) is 11.8 Å². The maximum Gasteiger partial charge on any atom is 0.222 e. The van der Waals surface area contributed by atoms with Crippen LogP contribution in [0.5, 0.6) is 0 Å². The lowest BCUT2D eigenvalue weighted by atomic mass is 9.86. The second-order valence-corrected chi connectivity index (χ2v) is 12.8. The zero-order chi connectivity index (χ0) is 25.0. The van der Waals surface area contributed by atoms with E-state index in [2.05, 4.69) is 11.8 Å². The maximum atomic E-state index is 13.3. The van der Waals surface area contributed by atoms with Crippen molar-refractivity contribution in [2.75, 3.05) is 13.1 Å². The van der Waals surface area contributed by atoms with Crippen molar-refractivity contribution in [2.24, 2.45) is 11.8 Å². The van der Waals surface area contributed by atoms with Crippen molar-refractivity contribution in [1.29, 1.82) is 0 Å². The van der Waals surface area contributed by atoms with Gasteiger partial charge in [0, 0.05) is 19.5 Å². The highest BCUT2D eigenvalue weighted by atomic mass is 16.6. The molecule has 4 aliphatic rings. The Morgan fingerprint density at radius 1 is 0.583 bits per heavy atom. The van der Waals surface area contributed by atoms with Crippen molar-refractivity contribution in [3.05, 3.63) is 0 Å². The first-order chi connectivity index (χ1) is 17.7. The molecule has 0 spiro atoms. The Kier molecular flexibility index (Phi) is 12.4. The van der Waals surface area contributed by atoms with E-state index in [1.807, 2.05) is 0 Å². The zero-order valence-corrected chi connectivity index (χ0v) is 23.6. The topological polar surface area (TPSA) is 45.4 Å². The van der Waals surface area contributed by atoms with Gasteiger partial charge in [-0.1, -0.05) is 96.8 Å². The van der Waals surface area contributed by atoms with Crippen LogP contribution in [-0.2, 0) is 14.3 Å². The Hall–Kier alpha value is -0.610. The van der Waals surface area contributed by atoms with Crippen LogP contribution in [0.1, 0.15) is 148 Å². The molecular weight excluding hydrogens is 446 g/mol. The highest BCUT2D eigenvalue weighted by Crippen LogP contribution is 2.41. The molecule has 4 fully saturated rings. The van der Waals surface area contributed by atoms with Gasteiger partial charge in [0.2, 0.25) is 5.91 Å². The van der Waals surface area contributed by atoms with Crippen LogP contribution in [0.4, 0.5) is 0 Å². The van der Waals surface area contributed by atoms with Gasteiger partial charge in [0.05, 0.1) is 24.4 Å². The van der Waals surface area contributed by atoms with Gasteiger partial charge in [-0.15, -0.1) is 0 Å². The first-order valence-electron chi connectivity index (χ1n) is 16.3. The Bertz CT molecular complexity index is 595. The lowest BCUT2D eigenvalue weighted by molar-refractivity contribution is -0.133. The number of rotatable bonds is 20. The molecule has 0 aromatic carbocycles. The van der Waals surface area contributed by atoms with E-state index in [-0.39, 0.29) is 0 Å². The van der Waals surface area contributed by atoms with Gasteiger partial charge in [-0.3, -0.25) is 4.79 Å². The van der Waals surface area contributed by atoms with E-state index in [4.69, 9.17) is 9.47 Å². The van der Waals surface area contributed by atoms with Gasteiger partial charge in [0.25, 0.3) is 0 Å². The fraction of sp³-hybridized carbons (Fsp3) is 0.969. The third-order valence-corrected chi connectivity index (χ3v) is 9.53. The van der Waals surface area contributed by atoms with Crippen molar-refractivity contribution in [3.8, 4) is 0 Å². The van der Waals surface area contributed by atoms with Gasteiger partial charge in [-0.25, -0.2) is 0 Å². The van der Waals surface area contributed by atoms with Crippen molar-refractivity contribution < 1.29 is 14.3 Å². The molecule has 2 heterocycles. The normalized spacial score (nSPS) is 30.5. The fourth-order valence-electron chi connectivity index (χ4n) is 7.01. The Labute approximate surface area is 222 Å². The van der Waals surface area contributed by atoms with Gasteiger partial charge >= 0.3 is 0 Å². The third kappa shape index (κ3) is 10.3. The van der Waals surface area contributed by atoms with Gasteiger partial charge in [0.1, 0.15) is 0 Å². The standard InChI is InChI=1S/C32H57NO3/c1-2-3-4-5-6-7-8-9-10-11-12-13-14-15-16-17-32(34)33(24-26-18-20-28-30(22-26)35-28)25-27-19-21-29-31(23-27)36-29/h26-31H,2-25H2,1H3. The number of carbonyl (C=O) groups is 1. The summed E-state index contributed by atoms with van der Waals surface area (Å²) in [6.45, 7) is 4.23. The molecule has 0 aromatic heterocycles. The highest BCUT2D eigenvalue weighted by Gasteiger charge is 2.46. The van der Waals surface area contributed by atoms with E-state index in [1.165, 1.54) is 128 Å². The van der Waals surface area contributed by atoms with Crippen LogP contribution in [0.3, 0.4) is 0 Å². The summed E-state index contributed by atoms with van der Waals surface area (Å²) in [5, 5.41) is 0. The SMILES string of the molecule is CCCCCCCCCCCCCCCCCC(=O)N(CC1CCC2OC2C1)CC1CCC2OC2C1. The molecule has 6 atom stereocenters.